The number of fused-ring (bicyclic) bond motifs is 1. The van der Waals surface area contributed by atoms with Gasteiger partial charge < -0.3 is 24.5 Å². The summed E-state index contributed by atoms with van der Waals surface area (Å²) in [5.41, 5.74) is 2.94. The van der Waals surface area contributed by atoms with E-state index in [1.54, 1.807) is 5.51 Å². The molecule has 1 aliphatic heterocycles. The quantitative estimate of drug-likeness (QED) is 0.178. The second-order valence-electron chi connectivity index (χ2n) is 11.4. The molecule has 250 valence electrons. The molecule has 1 fully saturated rings. The second-order valence-corrected chi connectivity index (χ2v) is 14.2. The Hall–Kier alpha value is -4.38. The molecule has 2 aromatic heterocycles. The Morgan fingerprint density at radius 1 is 1.17 bits per heavy atom. The van der Waals surface area contributed by atoms with Crippen LogP contribution in [0.3, 0.4) is 0 Å². The summed E-state index contributed by atoms with van der Waals surface area (Å²) in [6, 6.07) is 12.3. The van der Waals surface area contributed by atoms with Crippen molar-refractivity contribution in [3.8, 4) is 5.06 Å². The number of benzene rings is 2. The van der Waals surface area contributed by atoms with E-state index in [0.29, 0.717) is 23.4 Å². The van der Waals surface area contributed by atoms with Crippen molar-refractivity contribution in [3.05, 3.63) is 65.8 Å². The summed E-state index contributed by atoms with van der Waals surface area (Å²) in [4.78, 5) is 45.0. The Labute approximate surface area is 275 Å². The number of rotatable bonds is 14. The Morgan fingerprint density at radius 3 is 2.62 bits per heavy atom. The van der Waals surface area contributed by atoms with E-state index < -0.39 is 40.2 Å². The van der Waals surface area contributed by atoms with Gasteiger partial charge in [-0.05, 0) is 36.5 Å². The molecule has 3 heterocycles. The molecule has 1 saturated heterocycles. The number of ether oxygens (including phenoxy) is 2. The minimum atomic E-state index is -4.12. The Morgan fingerprint density at radius 2 is 1.96 bits per heavy atom. The molecule has 14 nitrogen and oxygen atoms in total. The lowest BCUT2D eigenvalue weighted by molar-refractivity contribution is -0.122. The van der Waals surface area contributed by atoms with Gasteiger partial charge in [-0.3, -0.25) is 14.9 Å². The fourth-order valence-corrected chi connectivity index (χ4v) is 7.29. The van der Waals surface area contributed by atoms with Crippen molar-refractivity contribution >= 4 is 56.4 Å². The van der Waals surface area contributed by atoms with Gasteiger partial charge >= 0.3 is 12.1 Å². The van der Waals surface area contributed by atoms with Crippen LogP contribution in [0.15, 0.2) is 69.6 Å². The van der Waals surface area contributed by atoms with E-state index in [2.05, 4.69) is 25.9 Å². The number of nitrogens with one attached hydrogen (secondary N) is 3. The molecule has 3 atom stereocenters. The zero-order valence-corrected chi connectivity index (χ0v) is 27.7. The predicted molar refractivity (Wildman–Crippen MR) is 173 cm³/mol. The van der Waals surface area contributed by atoms with E-state index in [0.717, 1.165) is 16.9 Å². The first-order chi connectivity index (χ1) is 22.5. The standard InChI is InChI=1S/C31H36N6O8S2/c1-19(2)16-37(17-26(43-3)24(13-20-7-5-4-6-8-20)35-31(40)45-28-15-32-18-46-28)47(41,42)21-9-10-22-25(14-21)44-30(34-22)36-29(39)23-11-12-27(38)33-23/h4-10,14-15,18-19,23-24,26H,11-13,16-17H2,1-3H3,(H,33,38)(H,35,40)(H,34,36,39). The van der Waals surface area contributed by atoms with Crippen LogP contribution in [0.25, 0.3) is 11.1 Å². The highest BCUT2D eigenvalue weighted by molar-refractivity contribution is 7.89. The monoisotopic (exact) mass is 684 g/mol. The molecule has 0 saturated carbocycles. The molecule has 0 bridgehead atoms. The number of sulfonamides is 1. The van der Waals surface area contributed by atoms with Crippen molar-refractivity contribution in [2.45, 2.75) is 56.2 Å². The molecule has 0 spiro atoms. The van der Waals surface area contributed by atoms with E-state index in [-0.39, 0.29) is 47.8 Å². The van der Waals surface area contributed by atoms with E-state index in [9.17, 15) is 22.8 Å². The number of carbonyl (C=O) groups excluding carboxylic acids is 3. The largest absolute Gasteiger partial charge is 0.423 e. The third-order valence-electron chi connectivity index (χ3n) is 7.45. The number of hydrogen-bond acceptors (Lipinski definition) is 11. The highest BCUT2D eigenvalue weighted by atomic mass is 32.2. The van der Waals surface area contributed by atoms with Crippen LogP contribution in [0.5, 0.6) is 5.06 Å². The van der Waals surface area contributed by atoms with Crippen LogP contribution >= 0.6 is 11.3 Å². The Kier molecular flexibility index (Phi) is 10.9. The van der Waals surface area contributed by atoms with E-state index in [4.69, 9.17) is 13.9 Å². The minimum absolute atomic E-state index is 0.0465. The summed E-state index contributed by atoms with van der Waals surface area (Å²) in [6.45, 7) is 3.88. The molecule has 4 aromatic rings. The second kappa shape index (κ2) is 15.0. The van der Waals surface area contributed by atoms with Crippen molar-refractivity contribution in [1.29, 1.82) is 0 Å². The van der Waals surface area contributed by atoms with Crippen molar-refractivity contribution in [3.63, 3.8) is 0 Å². The maximum absolute atomic E-state index is 14.1. The summed E-state index contributed by atoms with van der Waals surface area (Å²) < 4.78 is 46.5. The molecule has 3 N–H and O–H groups in total. The van der Waals surface area contributed by atoms with Crippen LogP contribution in [-0.2, 0) is 30.8 Å². The van der Waals surface area contributed by atoms with Crippen LogP contribution < -0.4 is 20.7 Å². The van der Waals surface area contributed by atoms with Crippen LogP contribution in [-0.4, -0.2) is 79.0 Å². The van der Waals surface area contributed by atoms with Gasteiger partial charge in [-0.25, -0.2) is 18.2 Å². The van der Waals surface area contributed by atoms with Gasteiger partial charge in [0.25, 0.3) is 5.91 Å². The molecule has 47 heavy (non-hydrogen) atoms. The highest BCUT2D eigenvalue weighted by Gasteiger charge is 2.34. The summed E-state index contributed by atoms with van der Waals surface area (Å²) in [5, 5.41) is 8.29. The number of aromatic nitrogens is 2. The fourth-order valence-electron chi connectivity index (χ4n) is 5.19. The number of thiazole rings is 1. The molecule has 3 amide bonds. The van der Waals surface area contributed by atoms with Gasteiger partial charge in [0, 0.05) is 32.7 Å². The molecular formula is C31H36N6O8S2. The molecule has 0 aliphatic carbocycles. The number of carbonyl (C=O) groups is 3. The lowest BCUT2D eigenvalue weighted by Crippen LogP contribution is -2.52. The first kappa shape index (κ1) is 34.0. The summed E-state index contributed by atoms with van der Waals surface area (Å²) in [7, 11) is -2.66. The van der Waals surface area contributed by atoms with E-state index >= 15 is 0 Å². The number of nitrogens with zero attached hydrogens (tertiary/aromatic N) is 3. The van der Waals surface area contributed by atoms with Crippen molar-refractivity contribution in [2.24, 2.45) is 5.92 Å². The van der Waals surface area contributed by atoms with Crippen molar-refractivity contribution < 1.29 is 36.7 Å². The molecule has 3 unspecified atom stereocenters. The molecular weight excluding hydrogens is 649 g/mol. The minimum Gasteiger partial charge on any atom is -0.423 e. The third-order valence-corrected chi connectivity index (χ3v) is 9.92. The highest BCUT2D eigenvalue weighted by Crippen LogP contribution is 2.26. The van der Waals surface area contributed by atoms with Gasteiger partial charge in [-0.2, -0.15) is 9.29 Å². The fraction of sp³-hybridized carbons (Fsp3) is 0.387. The topological polar surface area (TPSA) is 182 Å². The maximum Gasteiger partial charge on any atom is 0.413 e. The first-order valence-electron chi connectivity index (χ1n) is 15.0. The average molecular weight is 685 g/mol. The van der Waals surface area contributed by atoms with E-state index in [1.807, 2.05) is 44.2 Å². The predicted octanol–water partition coefficient (Wildman–Crippen LogP) is 3.56. The molecule has 5 rings (SSSR count). The Balaban J connectivity index is 1.37. The zero-order valence-electron chi connectivity index (χ0n) is 26.0. The van der Waals surface area contributed by atoms with Crippen molar-refractivity contribution in [1.82, 2.24) is 24.9 Å². The van der Waals surface area contributed by atoms with Gasteiger partial charge in [-0.1, -0.05) is 55.5 Å². The van der Waals surface area contributed by atoms with Gasteiger partial charge in [-0.15, -0.1) is 0 Å². The normalized spacial score (nSPS) is 16.3. The zero-order chi connectivity index (χ0) is 33.6. The van der Waals surface area contributed by atoms with Gasteiger partial charge in [0.05, 0.1) is 28.7 Å². The molecule has 1 aliphatic rings. The van der Waals surface area contributed by atoms with Crippen LogP contribution in [0, 0.1) is 5.92 Å². The number of oxazole rings is 1. The summed E-state index contributed by atoms with van der Waals surface area (Å²) in [5.74, 6) is -0.734. The number of anilines is 1. The lowest BCUT2D eigenvalue weighted by atomic mass is 10.0. The van der Waals surface area contributed by atoms with Gasteiger partial charge in [0.15, 0.2) is 5.58 Å². The van der Waals surface area contributed by atoms with Gasteiger partial charge in [0.2, 0.25) is 21.0 Å². The summed E-state index contributed by atoms with van der Waals surface area (Å²) in [6.07, 6.45) is 0.892. The van der Waals surface area contributed by atoms with Crippen LogP contribution in [0.2, 0.25) is 0 Å². The molecule has 0 radical (unpaired) electrons. The number of methoxy groups -OCH3 is 1. The van der Waals surface area contributed by atoms with Crippen LogP contribution in [0.4, 0.5) is 10.8 Å². The number of hydrogen-bond donors (Lipinski definition) is 3. The number of amides is 3. The lowest BCUT2D eigenvalue weighted by Gasteiger charge is -2.32. The first-order valence-corrected chi connectivity index (χ1v) is 17.3. The van der Waals surface area contributed by atoms with Crippen LogP contribution in [0.1, 0.15) is 32.3 Å². The maximum atomic E-state index is 14.1. The smallest absolute Gasteiger partial charge is 0.413 e. The third kappa shape index (κ3) is 8.71. The molecule has 16 heteroatoms. The van der Waals surface area contributed by atoms with Gasteiger partial charge in [0.1, 0.15) is 11.6 Å². The van der Waals surface area contributed by atoms with E-state index in [1.165, 1.54) is 35.8 Å². The Bertz CT molecular complexity index is 1800. The van der Waals surface area contributed by atoms with Crippen molar-refractivity contribution in [2.75, 3.05) is 25.5 Å². The molecule has 2 aromatic carbocycles. The SMILES string of the molecule is COC(CN(CC(C)C)S(=O)(=O)c1ccc2nc(NC(=O)C3CCC(=O)N3)oc2c1)C(Cc1ccccc1)NC(=O)Oc1cncs1. The summed E-state index contributed by atoms with van der Waals surface area (Å²) >= 11 is 1.16. The average Bonchev–Trinajstić information content (AvgIpc) is 3.80.